The van der Waals surface area contributed by atoms with Crippen LogP contribution in [0.3, 0.4) is 0 Å². The van der Waals surface area contributed by atoms with Gasteiger partial charge in [-0.25, -0.2) is 9.97 Å². The molecule has 0 bridgehead atoms. The molecule has 4 heteroatoms. The van der Waals surface area contributed by atoms with E-state index in [1.165, 1.54) is 18.5 Å². The molecule has 2 aromatic heterocycles. The number of methoxy groups -OCH3 is 1. The summed E-state index contributed by atoms with van der Waals surface area (Å²) in [6, 6.07) is 2.15. The molecule has 1 saturated carbocycles. The van der Waals surface area contributed by atoms with Gasteiger partial charge in [0.2, 0.25) is 0 Å². The van der Waals surface area contributed by atoms with E-state index < -0.39 is 0 Å². The molecule has 0 radical (unpaired) electrons. The number of aromatic nitrogens is 3. The average molecular weight is 217 g/mol. The summed E-state index contributed by atoms with van der Waals surface area (Å²) in [6.07, 6.45) is 4.36. The van der Waals surface area contributed by atoms with Crippen LogP contribution in [0.5, 0.6) is 0 Å². The molecule has 84 valence electrons. The normalized spacial score (nSPS) is 15.9. The second-order valence-electron chi connectivity index (χ2n) is 4.40. The minimum atomic E-state index is 0.606. The molecule has 0 aromatic carbocycles. The van der Waals surface area contributed by atoms with Gasteiger partial charge in [-0.05, 0) is 25.8 Å². The zero-order valence-corrected chi connectivity index (χ0v) is 9.60. The van der Waals surface area contributed by atoms with Crippen molar-refractivity contribution >= 4 is 5.65 Å². The molecule has 0 amide bonds. The van der Waals surface area contributed by atoms with E-state index in [0.717, 1.165) is 17.0 Å². The molecule has 1 aliphatic carbocycles. The minimum absolute atomic E-state index is 0.606. The lowest BCUT2D eigenvalue weighted by molar-refractivity contribution is 0.180. The van der Waals surface area contributed by atoms with Gasteiger partial charge in [-0.3, -0.25) is 4.40 Å². The Balaban J connectivity index is 2.19. The van der Waals surface area contributed by atoms with E-state index in [1.54, 1.807) is 7.11 Å². The van der Waals surface area contributed by atoms with Crippen molar-refractivity contribution in [2.24, 2.45) is 0 Å². The topological polar surface area (TPSA) is 39.4 Å². The largest absolute Gasteiger partial charge is 0.378 e. The van der Waals surface area contributed by atoms with Gasteiger partial charge in [0.1, 0.15) is 6.33 Å². The Bertz CT molecular complexity index is 528. The molecule has 2 aromatic rings. The van der Waals surface area contributed by atoms with Crippen molar-refractivity contribution in [3.05, 3.63) is 29.5 Å². The lowest BCUT2D eigenvalue weighted by Crippen LogP contribution is -2.02. The molecule has 0 aliphatic heterocycles. The molecule has 3 rings (SSSR count). The van der Waals surface area contributed by atoms with Crippen LogP contribution in [0.25, 0.3) is 5.65 Å². The first kappa shape index (κ1) is 9.78. The number of ether oxygens (including phenoxy) is 1. The van der Waals surface area contributed by atoms with Gasteiger partial charge in [0, 0.05) is 18.7 Å². The molecular formula is C12H15N3O. The standard InChI is InChI=1S/C12H15N3O/c1-8-12-14-11(9-3-4-9)5-10(6-16-2)15(12)7-13-8/h5,7,9H,3-4,6H2,1-2H3. The first-order valence-corrected chi connectivity index (χ1v) is 5.62. The third-order valence-corrected chi connectivity index (χ3v) is 3.07. The summed E-state index contributed by atoms with van der Waals surface area (Å²) in [4.78, 5) is 8.99. The number of hydrogen-bond donors (Lipinski definition) is 0. The lowest BCUT2D eigenvalue weighted by atomic mass is 10.2. The maximum atomic E-state index is 5.22. The first-order chi connectivity index (χ1) is 7.79. The van der Waals surface area contributed by atoms with Crippen molar-refractivity contribution in [1.29, 1.82) is 0 Å². The van der Waals surface area contributed by atoms with Gasteiger partial charge in [0.15, 0.2) is 5.65 Å². The number of nitrogens with zero attached hydrogens (tertiary/aromatic N) is 3. The quantitative estimate of drug-likeness (QED) is 0.790. The van der Waals surface area contributed by atoms with Crippen molar-refractivity contribution in [2.45, 2.75) is 32.3 Å². The zero-order valence-electron chi connectivity index (χ0n) is 9.60. The van der Waals surface area contributed by atoms with Crippen LogP contribution < -0.4 is 0 Å². The van der Waals surface area contributed by atoms with Crippen LogP contribution in [-0.2, 0) is 11.3 Å². The van der Waals surface area contributed by atoms with E-state index in [-0.39, 0.29) is 0 Å². The summed E-state index contributed by atoms with van der Waals surface area (Å²) in [5.41, 5.74) is 4.29. The van der Waals surface area contributed by atoms with Crippen LogP contribution in [0.2, 0.25) is 0 Å². The van der Waals surface area contributed by atoms with E-state index >= 15 is 0 Å². The first-order valence-electron chi connectivity index (χ1n) is 5.62. The zero-order chi connectivity index (χ0) is 11.1. The summed E-state index contributed by atoms with van der Waals surface area (Å²) in [5, 5.41) is 0. The molecule has 4 nitrogen and oxygen atoms in total. The van der Waals surface area contributed by atoms with Crippen molar-refractivity contribution in [1.82, 2.24) is 14.4 Å². The van der Waals surface area contributed by atoms with Crippen molar-refractivity contribution in [2.75, 3.05) is 7.11 Å². The highest BCUT2D eigenvalue weighted by Gasteiger charge is 2.26. The molecule has 0 unspecified atom stereocenters. The Kier molecular flexibility index (Phi) is 2.17. The minimum Gasteiger partial charge on any atom is -0.378 e. The van der Waals surface area contributed by atoms with E-state index in [1.807, 2.05) is 17.7 Å². The van der Waals surface area contributed by atoms with Gasteiger partial charge in [-0.1, -0.05) is 0 Å². The van der Waals surface area contributed by atoms with Crippen LogP contribution >= 0.6 is 0 Å². The maximum Gasteiger partial charge on any atom is 0.159 e. The summed E-state index contributed by atoms with van der Waals surface area (Å²) in [7, 11) is 1.72. The van der Waals surface area contributed by atoms with Gasteiger partial charge in [-0.2, -0.15) is 0 Å². The Morgan fingerprint density at radius 1 is 1.50 bits per heavy atom. The predicted molar refractivity (Wildman–Crippen MR) is 60.4 cm³/mol. The summed E-state index contributed by atoms with van der Waals surface area (Å²) in [6.45, 7) is 2.60. The SMILES string of the molecule is COCc1cc(C2CC2)nc2c(C)ncn12. The molecule has 16 heavy (non-hydrogen) atoms. The Morgan fingerprint density at radius 3 is 3.00 bits per heavy atom. The Labute approximate surface area is 94.3 Å². The number of hydrogen-bond acceptors (Lipinski definition) is 3. The fourth-order valence-corrected chi connectivity index (χ4v) is 2.02. The highest BCUT2D eigenvalue weighted by Crippen LogP contribution is 2.39. The number of rotatable bonds is 3. The number of fused-ring (bicyclic) bond motifs is 1. The fraction of sp³-hybridized carbons (Fsp3) is 0.500. The van der Waals surface area contributed by atoms with E-state index in [0.29, 0.717) is 12.5 Å². The predicted octanol–water partition coefficient (Wildman–Crippen LogP) is 2.06. The van der Waals surface area contributed by atoms with Crippen LogP contribution in [-0.4, -0.2) is 21.5 Å². The molecular weight excluding hydrogens is 202 g/mol. The second kappa shape index (κ2) is 3.56. The lowest BCUT2D eigenvalue weighted by Gasteiger charge is -2.07. The van der Waals surface area contributed by atoms with Crippen molar-refractivity contribution in [3.63, 3.8) is 0 Å². The van der Waals surface area contributed by atoms with Gasteiger partial charge in [0.05, 0.1) is 18.0 Å². The Morgan fingerprint density at radius 2 is 2.31 bits per heavy atom. The molecule has 2 heterocycles. The summed E-state index contributed by atoms with van der Waals surface area (Å²) >= 11 is 0. The molecule has 0 spiro atoms. The van der Waals surface area contributed by atoms with E-state index in [9.17, 15) is 0 Å². The summed E-state index contributed by atoms with van der Waals surface area (Å²) in [5.74, 6) is 0.662. The van der Waals surface area contributed by atoms with Crippen LogP contribution in [0.15, 0.2) is 12.4 Å². The van der Waals surface area contributed by atoms with Crippen molar-refractivity contribution in [3.8, 4) is 0 Å². The number of imidazole rings is 1. The van der Waals surface area contributed by atoms with Gasteiger partial charge >= 0.3 is 0 Å². The molecule has 0 atom stereocenters. The van der Waals surface area contributed by atoms with Crippen molar-refractivity contribution < 1.29 is 4.74 Å². The van der Waals surface area contributed by atoms with Gasteiger partial charge in [0.25, 0.3) is 0 Å². The maximum absolute atomic E-state index is 5.22. The van der Waals surface area contributed by atoms with E-state index in [4.69, 9.17) is 4.74 Å². The monoisotopic (exact) mass is 217 g/mol. The molecule has 1 aliphatic rings. The van der Waals surface area contributed by atoms with Crippen LogP contribution in [0.4, 0.5) is 0 Å². The fourth-order valence-electron chi connectivity index (χ4n) is 2.02. The average Bonchev–Trinajstić information content (AvgIpc) is 3.05. The van der Waals surface area contributed by atoms with Crippen LogP contribution in [0, 0.1) is 6.92 Å². The smallest absolute Gasteiger partial charge is 0.159 e. The van der Waals surface area contributed by atoms with Gasteiger partial charge in [-0.15, -0.1) is 0 Å². The molecule has 1 fully saturated rings. The Hall–Kier alpha value is -1.42. The molecule has 0 saturated heterocycles. The number of aryl methyl sites for hydroxylation is 1. The third-order valence-electron chi connectivity index (χ3n) is 3.07. The van der Waals surface area contributed by atoms with Crippen LogP contribution in [0.1, 0.15) is 35.8 Å². The highest BCUT2D eigenvalue weighted by atomic mass is 16.5. The third kappa shape index (κ3) is 1.50. The highest BCUT2D eigenvalue weighted by molar-refractivity contribution is 5.46. The van der Waals surface area contributed by atoms with E-state index in [2.05, 4.69) is 16.0 Å². The molecule has 0 N–H and O–H groups in total. The second-order valence-corrected chi connectivity index (χ2v) is 4.40. The van der Waals surface area contributed by atoms with Gasteiger partial charge < -0.3 is 4.74 Å². The summed E-state index contributed by atoms with van der Waals surface area (Å²) < 4.78 is 7.24.